The number of aliphatic hydroxyl groups is 1. The molecule has 1 aromatic heterocycles. The Bertz CT molecular complexity index is 1350. The predicted molar refractivity (Wildman–Crippen MR) is 140 cm³/mol. The Morgan fingerprint density at radius 2 is 1.95 bits per heavy atom. The molecule has 0 unspecified atom stereocenters. The number of likely N-dealkylation sites (tertiary alicyclic amines) is 1. The number of aromatic nitrogens is 2. The van der Waals surface area contributed by atoms with E-state index in [0.29, 0.717) is 61.1 Å². The molecule has 3 aromatic rings. The van der Waals surface area contributed by atoms with Crippen LogP contribution >= 0.6 is 0 Å². The van der Waals surface area contributed by atoms with E-state index in [1.165, 1.54) is 12.1 Å². The first kappa shape index (κ1) is 27.3. The zero-order valence-electron chi connectivity index (χ0n) is 21.6. The minimum absolute atomic E-state index is 0.00925. The lowest BCUT2D eigenvalue weighted by molar-refractivity contribution is -0.136. The van der Waals surface area contributed by atoms with Crippen LogP contribution in [0.25, 0.3) is 11.0 Å². The maximum Gasteiger partial charge on any atom is 0.280 e. The topological polar surface area (TPSA) is 125 Å². The van der Waals surface area contributed by atoms with Crippen molar-refractivity contribution in [1.29, 1.82) is 0 Å². The highest BCUT2D eigenvalue weighted by Gasteiger charge is 2.33. The van der Waals surface area contributed by atoms with Crippen LogP contribution in [0.15, 0.2) is 47.3 Å². The molecule has 2 amide bonds. The third-order valence-corrected chi connectivity index (χ3v) is 6.71. The third kappa shape index (κ3) is 6.36. The van der Waals surface area contributed by atoms with Crippen molar-refractivity contribution in [3.63, 3.8) is 0 Å². The van der Waals surface area contributed by atoms with E-state index in [0.717, 1.165) is 0 Å². The number of H-pyrrole nitrogens is 1. The Kier molecular flexibility index (Phi) is 8.73. The molecule has 1 aliphatic heterocycles. The highest BCUT2D eigenvalue weighted by molar-refractivity contribution is 5.97. The first-order valence-electron chi connectivity index (χ1n) is 12.9. The monoisotopic (exact) mass is 524 g/mol. The lowest BCUT2D eigenvalue weighted by Crippen LogP contribution is -2.54. The molecule has 3 N–H and O–H groups in total. The molecule has 0 spiro atoms. The van der Waals surface area contributed by atoms with Gasteiger partial charge in [-0.15, -0.1) is 0 Å². The van der Waals surface area contributed by atoms with Crippen LogP contribution in [0.3, 0.4) is 0 Å². The largest absolute Gasteiger partial charge is 0.490 e. The highest BCUT2D eigenvalue weighted by atomic mass is 19.1. The van der Waals surface area contributed by atoms with Crippen molar-refractivity contribution in [2.24, 2.45) is 5.92 Å². The van der Waals surface area contributed by atoms with Crippen LogP contribution < -0.4 is 15.6 Å². The van der Waals surface area contributed by atoms with Gasteiger partial charge in [0.05, 0.1) is 11.0 Å². The number of nitrogens with one attached hydrogen (secondary N) is 2. The standard InChI is InChI=1S/C28H33FN4O5/c1-17(2)24(32-27(36)25-26(35)31-22-8-4-3-7-21(22)30-25)28(37)33-13-11-20(12-14-33)38-23-10-9-19(29)16-18(23)6-5-15-34/h3-4,7-10,16-17,20,24,34H,5-6,11-15H2,1-2H3,(H,31,35)(H,32,36)/t24-/m0/s1. The number of hydrogen-bond donors (Lipinski definition) is 3. The van der Waals surface area contributed by atoms with Crippen molar-refractivity contribution in [2.45, 2.75) is 51.7 Å². The van der Waals surface area contributed by atoms with Gasteiger partial charge in [-0.05, 0) is 54.7 Å². The maximum absolute atomic E-state index is 13.7. The van der Waals surface area contributed by atoms with Crippen LogP contribution in [0.5, 0.6) is 5.75 Å². The number of para-hydroxylation sites is 2. The van der Waals surface area contributed by atoms with Gasteiger partial charge in [-0.2, -0.15) is 0 Å². The first-order chi connectivity index (χ1) is 18.3. The molecule has 0 radical (unpaired) electrons. The Balaban J connectivity index is 1.39. The fourth-order valence-corrected chi connectivity index (χ4v) is 4.60. The number of ether oxygens (including phenoxy) is 1. The van der Waals surface area contributed by atoms with Crippen molar-refractivity contribution >= 4 is 22.8 Å². The van der Waals surface area contributed by atoms with Gasteiger partial charge in [0.1, 0.15) is 23.7 Å². The fraction of sp³-hybridized carbons (Fsp3) is 0.429. The smallest absolute Gasteiger partial charge is 0.280 e. The molecule has 4 rings (SSSR count). The Labute approximate surface area is 220 Å². The quantitative estimate of drug-likeness (QED) is 0.395. The number of fused-ring (bicyclic) bond motifs is 1. The van der Waals surface area contributed by atoms with Crippen molar-refractivity contribution in [2.75, 3.05) is 19.7 Å². The first-order valence-corrected chi connectivity index (χ1v) is 12.9. The highest BCUT2D eigenvalue weighted by Crippen LogP contribution is 2.26. The molecule has 1 atom stereocenters. The van der Waals surface area contributed by atoms with Gasteiger partial charge in [-0.25, -0.2) is 9.37 Å². The second kappa shape index (κ2) is 12.2. The SMILES string of the molecule is CC(C)[C@H](NC(=O)c1nc2ccccc2[nH]c1=O)C(=O)N1CCC(Oc2ccc(F)cc2CCCO)CC1. The molecular weight excluding hydrogens is 491 g/mol. The number of aromatic amines is 1. The van der Waals surface area contributed by atoms with E-state index in [4.69, 9.17) is 9.84 Å². The summed E-state index contributed by atoms with van der Waals surface area (Å²) in [5.41, 5.74) is 0.806. The molecule has 9 nitrogen and oxygen atoms in total. The van der Waals surface area contributed by atoms with Gasteiger partial charge in [0.15, 0.2) is 5.69 Å². The number of halogens is 1. The number of hydrogen-bond acceptors (Lipinski definition) is 6. The van der Waals surface area contributed by atoms with Crippen LogP contribution in [0.1, 0.15) is 49.2 Å². The van der Waals surface area contributed by atoms with E-state index in [2.05, 4.69) is 15.3 Å². The zero-order chi connectivity index (χ0) is 27.2. The average molecular weight is 525 g/mol. The molecule has 0 aliphatic carbocycles. The van der Waals surface area contributed by atoms with Crippen LogP contribution in [-0.4, -0.2) is 63.6 Å². The number of carbonyl (C=O) groups excluding carboxylic acids is 2. The maximum atomic E-state index is 13.7. The van der Waals surface area contributed by atoms with Crippen molar-refractivity contribution in [3.05, 3.63) is 69.9 Å². The molecular formula is C28H33FN4O5. The van der Waals surface area contributed by atoms with E-state index >= 15 is 0 Å². The van der Waals surface area contributed by atoms with Crippen LogP contribution in [0.4, 0.5) is 4.39 Å². The number of nitrogens with zero attached hydrogens (tertiary/aromatic N) is 2. The summed E-state index contributed by atoms with van der Waals surface area (Å²) in [6.07, 6.45) is 2.02. The lowest BCUT2D eigenvalue weighted by atomic mass is 10.00. The molecule has 0 bridgehead atoms. The summed E-state index contributed by atoms with van der Waals surface area (Å²) in [6, 6.07) is 10.5. The molecule has 0 saturated carbocycles. The third-order valence-electron chi connectivity index (χ3n) is 6.71. The van der Waals surface area contributed by atoms with Gasteiger partial charge in [0, 0.05) is 32.5 Å². The van der Waals surface area contributed by atoms with Crippen LogP contribution in [0.2, 0.25) is 0 Å². The number of rotatable bonds is 9. The predicted octanol–water partition coefficient (Wildman–Crippen LogP) is 2.81. The molecule has 38 heavy (non-hydrogen) atoms. The molecule has 2 heterocycles. The normalized spacial score (nSPS) is 15.0. The average Bonchev–Trinajstić information content (AvgIpc) is 2.91. The molecule has 1 fully saturated rings. The summed E-state index contributed by atoms with van der Waals surface area (Å²) >= 11 is 0. The summed E-state index contributed by atoms with van der Waals surface area (Å²) in [5, 5.41) is 11.8. The van der Waals surface area contributed by atoms with E-state index in [-0.39, 0.29) is 36.0 Å². The Hall–Kier alpha value is -3.79. The minimum Gasteiger partial charge on any atom is -0.490 e. The number of benzene rings is 2. The summed E-state index contributed by atoms with van der Waals surface area (Å²) in [7, 11) is 0. The summed E-state index contributed by atoms with van der Waals surface area (Å²) in [4.78, 5) is 47.4. The van der Waals surface area contributed by atoms with Gasteiger partial charge in [0.25, 0.3) is 11.5 Å². The minimum atomic E-state index is -0.824. The molecule has 202 valence electrons. The number of piperidine rings is 1. The summed E-state index contributed by atoms with van der Waals surface area (Å²) < 4.78 is 19.9. The number of carbonyl (C=O) groups is 2. The van der Waals surface area contributed by atoms with Gasteiger partial charge in [-0.3, -0.25) is 14.4 Å². The number of aryl methyl sites for hydroxylation is 1. The second-order valence-electron chi connectivity index (χ2n) is 9.85. The second-order valence-corrected chi connectivity index (χ2v) is 9.85. The Morgan fingerprint density at radius 1 is 1.21 bits per heavy atom. The van der Waals surface area contributed by atoms with E-state index in [9.17, 15) is 18.8 Å². The van der Waals surface area contributed by atoms with E-state index in [1.807, 2.05) is 13.8 Å². The number of aliphatic hydroxyl groups excluding tert-OH is 1. The van der Waals surface area contributed by atoms with E-state index in [1.54, 1.807) is 35.2 Å². The van der Waals surface area contributed by atoms with E-state index < -0.39 is 17.5 Å². The van der Waals surface area contributed by atoms with Crippen molar-refractivity contribution in [1.82, 2.24) is 20.2 Å². The van der Waals surface area contributed by atoms with Gasteiger partial charge in [-0.1, -0.05) is 26.0 Å². The molecule has 2 aromatic carbocycles. The van der Waals surface area contributed by atoms with Gasteiger partial charge < -0.3 is 25.0 Å². The zero-order valence-corrected chi connectivity index (χ0v) is 21.6. The summed E-state index contributed by atoms with van der Waals surface area (Å²) in [5.74, 6) is -0.907. The van der Waals surface area contributed by atoms with Gasteiger partial charge in [0.2, 0.25) is 5.91 Å². The molecule has 1 aliphatic rings. The fourth-order valence-electron chi connectivity index (χ4n) is 4.60. The lowest BCUT2D eigenvalue weighted by Gasteiger charge is -2.35. The van der Waals surface area contributed by atoms with Crippen molar-refractivity contribution in [3.8, 4) is 5.75 Å². The molecule has 10 heteroatoms. The van der Waals surface area contributed by atoms with Crippen molar-refractivity contribution < 1.29 is 23.8 Å². The van der Waals surface area contributed by atoms with Crippen LogP contribution in [0, 0.1) is 11.7 Å². The van der Waals surface area contributed by atoms with Crippen LogP contribution in [-0.2, 0) is 11.2 Å². The number of amides is 2. The van der Waals surface area contributed by atoms with Gasteiger partial charge >= 0.3 is 0 Å². The molecule has 1 saturated heterocycles. The summed E-state index contributed by atoms with van der Waals surface area (Å²) in [6.45, 7) is 4.54. The Morgan fingerprint density at radius 3 is 2.66 bits per heavy atom.